The summed E-state index contributed by atoms with van der Waals surface area (Å²) >= 11 is 0. The predicted molar refractivity (Wildman–Crippen MR) is 90.8 cm³/mol. The number of aromatic nitrogens is 4. The van der Waals surface area contributed by atoms with Crippen molar-refractivity contribution < 1.29 is 9.53 Å². The molecule has 2 aromatic heterocycles. The Morgan fingerprint density at radius 2 is 1.92 bits per heavy atom. The van der Waals surface area contributed by atoms with Gasteiger partial charge in [0.05, 0.1) is 19.1 Å². The number of nitrogens with one attached hydrogen (secondary N) is 1. The molecule has 2 heterocycles. The van der Waals surface area contributed by atoms with E-state index < -0.39 is 0 Å². The number of anilines is 1. The van der Waals surface area contributed by atoms with E-state index in [2.05, 4.69) is 15.4 Å². The highest BCUT2D eigenvalue weighted by Crippen LogP contribution is 2.19. The molecule has 0 spiro atoms. The average molecular weight is 325 g/mol. The van der Waals surface area contributed by atoms with Crippen LogP contribution in [0.5, 0.6) is 5.88 Å². The first kappa shape index (κ1) is 15.8. The molecule has 124 valence electrons. The van der Waals surface area contributed by atoms with Gasteiger partial charge in [0.25, 0.3) is 5.91 Å². The number of benzene rings is 1. The van der Waals surface area contributed by atoms with E-state index in [9.17, 15) is 4.79 Å². The van der Waals surface area contributed by atoms with Crippen LogP contribution in [0.2, 0.25) is 0 Å². The largest absolute Gasteiger partial charge is 0.479 e. The molecule has 0 atom stereocenters. The second-order valence-electron chi connectivity index (χ2n) is 5.51. The van der Waals surface area contributed by atoms with Crippen molar-refractivity contribution in [2.75, 3.05) is 12.4 Å². The summed E-state index contributed by atoms with van der Waals surface area (Å²) < 4.78 is 8.66. The molecule has 24 heavy (non-hydrogen) atoms. The Balaban J connectivity index is 1.79. The summed E-state index contributed by atoms with van der Waals surface area (Å²) in [4.78, 5) is 16.7. The average Bonchev–Trinajstić information content (AvgIpc) is 3.11. The minimum absolute atomic E-state index is 0.262. The molecule has 3 aromatic rings. The zero-order valence-electron chi connectivity index (χ0n) is 14.1. The summed E-state index contributed by atoms with van der Waals surface area (Å²) in [5, 5.41) is 6.93. The Morgan fingerprint density at radius 3 is 2.50 bits per heavy atom. The highest BCUT2D eigenvalue weighted by Gasteiger charge is 2.16. The molecule has 0 saturated carbocycles. The Bertz CT molecular complexity index is 877. The summed E-state index contributed by atoms with van der Waals surface area (Å²) in [5.74, 6) is 0.0403. The monoisotopic (exact) mass is 325 g/mol. The van der Waals surface area contributed by atoms with E-state index in [1.165, 1.54) is 7.11 Å². The van der Waals surface area contributed by atoms with Crippen LogP contribution in [0, 0.1) is 13.8 Å². The fourth-order valence-corrected chi connectivity index (χ4v) is 2.44. The molecule has 0 aliphatic carbocycles. The first-order valence-electron chi connectivity index (χ1n) is 7.49. The van der Waals surface area contributed by atoms with Gasteiger partial charge in [-0.1, -0.05) is 0 Å². The van der Waals surface area contributed by atoms with Gasteiger partial charge in [-0.25, -0.2) is 4.98 Å². The van der Waals surface area contributed by atoms with Crippen molar-refractivity contribution in [2.24, 2.45) is 7.05 Å². The van der Waals surface area contributed by atoms with Crippen LogP contribution in [0.25, 0.3) is 5.69 Å². The predicted octanol–water partition coefficient (Wildman–Crippen LogP) is 2.48. The van der Waals surface area contributed by atoms with Crippen LogP contribution >= 0.6 is 0 Å². The molecule has 0 fully saturated rings. The van der Waals surface area contributed by atoms with Gasteiger partial charge in [-0.15, -0.1) is 5.10 Å². The first-order valence-corrected chi connectivity index (χ1v) is 7.49. The van der Waals surface area contributed by atoms with Gasteiger partial charge in [-0.2, -0.15) is 0 Å². The van der Waals surface area contributed by atoms with Crippen molar-refractivity contribution in [1.29, 1.82) is 0 Å². The number of aryl methyl sites for hydroxylation is 2. The third-order valence-electron chi connectivity index (χ3n) is 3.89. The molecular formula is C17H19N5O2. The van der Waals surface area contributed by atoms with Crippen molar-refractivity contribution in [3.8, 4) is 11.6 Å². The Morgan fingerprint density at radius 1 is 1.21 bits per heavy atom. The number of hydrogen-bond donors (Lipinski definition) is 1. The molecule has 1 amide bonds. The van der Waals surface area contributed by atoms with E-state index in [0.29, 0.717) is 17.1 Å². The van der Waals surface area contributed by atoms with E-state index in [1.54, 1.807) is 24.3 Å². The lowest BCUT2D eigenvalue weighted by molar-refractivity contribution is 0.102. The summed E-state index contributed by atoms with van der Waals surface area (Å²) in [6.45, 7) is 3.99. The van der Waals surface area contributed by atoms with E-state index in [0.717, 1.165) is 17.1 Å². The van der Waals surface area contributed by atoms with E-state index in [-0.39, 0.29) is 5.91 Å². The fraction of sp³-hybridized carbons (Fsp3) is 0.235. The highest BCUT2D eigenvalue weighted by atomic mass is 16.5. The number of nitrogens with zero attached hydrogens (tertiary/aromatic N) is 4. The van der Waals surface area contributed by atoms with Crippen molar-refractivity contribution >= 4 is 11.6 Å². The summed E-state index contributed by atoms with van der Waals surface area (Å²) in [6, 6.07) is 7.57. The maximum atomic E-state index is 12.4. The number of imidazole rings is 1. The number of ether oxygens (including phenoxy) is 1. The standard InChI is InChI=1S/C17H19N5O2/c1-11-12(2)22(10-18-11)14-7-5-13(6-8-14)19-16(23)15-9-21(3)20-17(15)24-4/h5-10H,1-4H3,(H,19,23). The zero-order valence-corrected chi connectivity index (χ0v) is 14.1. The second-order valence-corrected chi connectivity index (χ2v) is 5.51. The minimum atomic E-state index is -0.262. The maximum Gasteiger partial charge on any atom is 0.262 e. The molecule has 0 radical (unpaired) electrons. The zero-order chi connectivity index (χ0) is 17.3. The first-order chi connectivity index (χ1) is 11.5. The SMILES string of the molecule is COc1nn(C)cc1C(=O)Nc1ccc(-n2cnc(C)c2C)cc1. The molecular weight excluding hydrogens is 306 g/mol. The van der Waals surface area contributed by atoms with Gasteiger partial charge in [0.15, 0.2) is 0 Å². The fourth-order valence-electron chi connectivity index (χ4n) is 2.44. The number of amides is 1. The minimum Gasteiger partial charge on any atom is -0.479 e. The summed E-state index contributed by atoms with van der Waals surface area (Å²) in [5.41, 5.74) is 4.17. The highest BCUT2D eigenvalue weighted by molar-refractivity contribution is 6.05. The van der Waals surface area contributed by atoms with Gasteiger partial charge < -0.3 is 14.6 Å². The van der Waals surface area contributed by atoms with Crippen molar-refractivity contribution in [3.05, 3.63) is 53.7 Å². The van der Waals surface area contributed by atoms with Crippen LogP contribution in [0.4, 0.5) is 5.69 Å². The van der Waals surface area contributed by atoms with Crippen molar-refractivity contribution in [1.82, 2.24) is 19.3 Å². The third-order valence-corrected chi connectivity index (χ3v) is 3.89. The molecule has 0 saturated heterocycles. The van der Waals surface area contributed by atoms with Crippen molar-refractivity contribution in [2.45, 2.75) is 13.8 Å². The van der Waals surface area contributed by atoms with Gasteiger partial charge in [-0.05, 0) is 38.1 Å². The molecule has 0 aliphatic heterocycles. The van der Waals surface area contributed by atoms with Crippen LogP contribution < -0.4 is 10.1 Å². The molecule has 3 rings (SSSR count). The molecule has 0 bridgehead atoms. The molecule has 0 unspecified atom stereocenters. The second kappa shape index (κ2) is 6.19. The van der Waals surface area contributed by atoms with Crippen LogP contribution in [-0.2, 0) is 7.05 Å². The summed E-state index contributed by atoms with van der Waals surface area (Å²) in [6.07, 6.45) is 3.42. The van der Waals surface area contributed by atoms with Gasteiger partial charge in [0.1, 0.15) is 5.56 Å². The smallest absolute Gasteiger partial charge is 0.262 e. The lowest BCUT2D eigenvalue weighted by atomic mass is 10.2. The van der Waals surface area contributed by atoms with Crippen LogP contribution in [0.1, 0.15) is 21.7 Å². The molecule has 1 N–H and O–H groups in total. The lowest BCUT2D eigenvalue weighted by Crippen LogP contribution is -2.12. The van der Waals surface area contributed by atoms with Gasteiger partial charge in [0.2, 0.25) is 5.88 Å². The Labute approximate surface area is 139 Å². The Kier molecular flexibility index (Phi) is 4.07. The molecule has 7 nitrogen and oxygen atoms in total. The maximum absolute atomic E-state index is 12.4. The molecule has 0 aliphatic rings. The van der Waals surface area contributed by atoms with Crippen LogP contribution in [-0.4, -0.2) is 32.3 Å². The van der Waals surface area contributed by atoms with Crippen LogP contribution in [0.15, 0.2) is 36.8 Å². The number of carbonyl (C=O) groups excluding carboxylic acids is 1. The number of carbonyl (C=O) groups is 1. The van der Waals surface area contributed by atoms with E-state index in [4.69, 9.17) is 4.74 Å². The number of hydrogen-bond acceptors (Lipinski definition) is 4. The quantitative estimate of drug-likeness (QED) is 0.800. The normalized spacial score (nSPS) is 10.7. The summed E-state index contributed by atoms with van der Waals surface area (Å²) in [7, 11) is 3.23. The van der Waals surface area contributed by atoms with Crippen LogP contribution in [0.3, 0.4) is 0 Å². The third kappa shape index (κ3) is 2.88. The van der Waals surface area contributed by atoms with E-state index in [1.807, 2.05) is 42.7 Å². The number of rotatable bonds is 4. The molecule has 7 heteroatoms. The molecule has 1 aromatic carbocycles. The topological polar surface area (TPSA) is 74.0 Å². The lowest BCUT2D eigenvalue weighted by Gasteiger charge is -2.08. The van der Waals surface area contributed by atoms with Crippen molar-refractivity contribution in [3.63, 3.8) is 0 Å². The van der Waals surface area contributed by atoms with E-state index >= 15 is 0 Å². The van der Waals surface area contributed by atoms with Gasteiger partial charge in [-0.3, -0.25) is 9.48 Å². The Hall–Kier alpha value is -3.09. The number of methoxy groups -OCH3 is 1. The van der Waals surface area contributed by atoms with Gasteiger partial charge in [0, 0.05) is 30.3 Å². The van der Waals surface area contributed by atoms with Gasteiger partial charge >= 0.3 is 0 Å².